The second-order valence-corrected chi connectivity index (χ2v) is 7.48. The molecule has 0 spiro atoms. The number of rotatable bonds is 4. The number of ketones is 1. The van der Waals surface area contributed by atoms with Crippen LogP contribution in [0.1, 0.15) is 56.5 Å². The Morgan fingerprint density at radius 3 is 2.43 bits per heavy atom. The number of benzene rings is 2. The van der Waals surface area contributed by atoms with Crippen LogP contribution >= 0.6 is 0 Å². The maximum Gasteiger partial charge on any atom is 0.164 e. The maximum atomic E-state index is 12.8. The van der Waals surface area contributed by atoms with E-state index in [-0.39, 0.29) is 11.2 Å². The van der Waals surface area contributed by atoms with Crippen molar-refractivity contribution in [2.75, 3.05) is 0 Å². The van der Waals surface area contributed by atoms with E-state index in [0.29, 0.717) is 12.3 Å². The Kier molecular flexibility index (Phi) is 4.51. The molecule has 1 heteroatoms. The highest BCUT2D eigenvalue weighted by Crippen LogP contribution is 2.29. The lowest BCUT2D eigenvalue weighted by molar-refractivity contribution is 0.0955. The zero-order valence-corrected chi connectivity index (χ0v) is 13.9. The van der Waals surface area contributed by atoms with E-state index in [0.717, 1.165) is 28.3 Å². The minimum atomic E-state index is 0.271. The molecular formula is C20H26O. The van der Waals surface area contributed by atoms with E-state index in [9.17, 15) is 4.79 Å². The van der Waals surface area contributed by atoms with E-state index in [2.05, 4.69) is 52.0 Å². The number of fused-ring (bicyclic) bond motifs is 1. The monoisotopic (exact) mass is 282 g/mol. The number of aryl methyl sites for hydroxylation is 1. The average molecular weight is 282 g/mol. The summed E-state index contributed by atoms with van der Waals surface area (Å²) in [5, 5.41) is 2.24. The smallest absolute Gasteiger partial charge is 0.164 e. The minimum absolute atomic E-state index is 0.271. The molecule has 0 saturated carbocycles. The fraction of sp³-hybridized carbons (Fsp3) is 0.450. The van der Waals surface area contributed by atoms with Crippen molar-refractivity contribution in [3.05, 3.63) is 47.5 Å². The summed E-state index contributed by atoms with van der Waals surface area (Å²) in [6.45, 7) is 10.9. The normalized spacial score (nSPS) is 13.4. The highest BCUT2D eigenvalue weighted by atomic mass is 16.1. The molecule has 0 bridgehead atoms. The Labute approximate surface area is 128 Å². The van der Waals surface area contributed by atoms with Crippen LogP contribution in [0.4, 0.5) is 0 Å². The molecule has 0 amide bonds. The SMILES string of the molecule is Cc1ccc2ccccc2c1C(=O)CC(C)CC(C)(C)C. The van der Waals surface area contributed by atoms with Gasteiger partial charge in [-0.25, -0.2) is 0 Å². The molecule has 0 aliphatic heterocycles. The van der Waals surface area contributed by atoms with Gasteiger partial charge in [0.05, 0.1) is 0 Å². The zero-order chi connectivity index (χ0) is 15.6. The van der Waals surface area contributed by atoms with Crippen LogP contribution in [0.15, 0.2) is 36.4 Å². The van der Waals surface area contributed by atoms with Gasteiger partial charge in [-0.15, -0.1) is 0 Å². The molecule has 2 aromatic rings. The first-order valence-corrected chi connectivity index (χ1v) is 7.79. The van der Waals surface area contributed by atoms with E-state index in [4.69, 9.17) is 0 Å². The standard InChI is InChI=1S/C20H26O/c1-14(13-20(3,4)5)12-18(21)19-15(2)10-11-16-8-6-7-9-17(16)19/h6-11,14H,12-13H2,1-5H3. The molecule has 1 atom stereocenters. The number of carbonyl (C=O) groups is 1. The molecule has 0 aliphatic rings. The average Bonchev–Trinajstić information content (AvgIpc) is 2.35. The number of hydrogen-bond donors (Lipinski definition) is 0. The summed E-state index contributed by atoms with van der Waals surface area (Å²) >= 11 is 0. The second kappa shape index (κ2) is 6.01. The summed E-state index contributed by atoms with van der Waals surface area (Å²) in [5.74, 6) is 0.692. The summed E-state index contributed by atoms with van der Waals surface area (Å²) < 4.78 is 0. The van der Waals surface area contributed by atoms with Crippen molar-refractivity contribution in [3.63, 3.8) is 0 Å². The molecule has 0 heterocycles. The lowest BCUT2D eigenvalue weighted by Crippen LogP contribution is -2.15. The van der Waals surface area contributed by atoms with Gasteiger partial charge in [0.2, 0.25) is 0 Å². The van der Waals surface area contributed by atoms with Gasteiger partial charge >= 0.3 is 0 Å². The van der Waals surface area contributed by atoms with Gasteiger partial charge in [-0.1, -0.05) is 64.1 Å². The zero-order valence-electron chi connectivity index (χ0n) is 13.9. The van der Waals surface area contributed by atoms with Crippen molar-refractivity contribution < 1.29 is 4.79 Å². The lowest BCUT2D eigenvalue weighted by Gasteiger charge is -2.23. The number of carbonyl (C=O) groups excluding carboxylic acids is 1. The minimum Gasteiger partial charge on any atom is -0.294 e. The summed E-state index contributed by atoms with van der Waals surface area (Å²) in [6, 6.07) is 12.3. The molecule has 1 nitrogen and oxygen atoms in total. The Balaban J connectivity index is 2.29. The summed E-state index contributed by atoms with van der Waals surface area (Å²) in [7, 11) is 0. The quantitative estimate of drug-likeness (QED) is 0.648. The molecule has 21 heavy (non-hydrogen) atoms. The third-order valence-electron chi connectivity index (χ3n) is 3.91. The van der Waals surface area contributed by atoms with Crippen LogP contribution in [0.3, 0.4) is 0 Å². The molecule has 0 aliphatic carbocycles. The molecule has 2 aromatic carbocycles. The predicted octanol–water partition coefficient (Wildman–Crippen LogP) is 5.79. The molecule has 0 N–H and O–H groups in total. The van der Waals surface area contributed by atoms with Crippen LogP contribution in [0.5, 0.6) is 0 Å². The molecule has 0 aromatic heterocycles. The molecule has 0 fully saturated rings. The van der Waals surface area contributed by atoms with Gasteiger partial charge in [-0.2, -0.15) is 0 Å². The Morgan fingerprint density at radius 2 is 1.76 bits per heavy atom. The van der Waals surface area contributed by atoms with Gasteiger partial charge in [-0.05, 0) is 41.0 Å². The molecule has 1 unspecified atom stereocenters. The van der Waals surface area contributed by atoms with Crippen molar-refractivity contribution in [2.45, 2.75) is 47.5 Å². The highest BCUT2D eigenvalue weighted by Gasteiger charge is 2.20. The first kappa shape index (κ1) is 15.8. The third-order valence-corrected chi connectivity index (χ3v) is 3.91. The van der Waals surface area contributed by atoms with Crippen molar-refractivity contribution in [2.24, 2.45) is 11.3 Å². The topological polar surface area (TPSA) is 17.1 Å². The highest BCUT2D eigenvalue weighted by molar-refractivity contribution is 6.09. The molecule has 0 radical (unpaired) electrons. The largest absolute Gasteiger partial charge is 0.294 e. The van der Waals surface area contributed by atoms with Crippen LogP contribution < -0.4 is 0 Å². The Hall–Kier alpha value is -1.63. The molecular weight excluding hydrogens is 256 g/mol. The van der Waals surface area contributed by atoms with Gasteiger partial charge in [0.15, 0.2) is 5.78 Å². The van der Waals surface area contributed by atoms with Crippen molar-refractivity contribution >= 4 is 16.6 Å². The predicted molar refractivity (Wildman–Crippen MR) is 90.9 cm³/mol. The van der Waals surface area contributed by atoms with Crippen molar-refractivity contribution in [1.82, 2.24) is 0 Å². The summed E-state index contributed by atoms with van der Waals surface area (Å²) in [5.41, 5.74) is 2.27. The summed E-state index contributed by atoms with van der Waals surface area (Å²) in [6.07, 6.45) is 1.70. The van der Waals surface area contributed by atoms with Crippen LogP contribution in [0.25, 0.3) is 10.8 Å². The molecule has 0 saturated heterocycles. The van der Waals surface area contributed by atoms with E-state index >= 15 is 0 Å². The third kappa shape index (κ3) is 3.93. The van der Waals surface area contributed by atoms with Gasteiger partial charge in [0.1, 0.15) is 0 Å². The Morgan fingerprint density at radius 1 is 1.10 bits per heavy atom. The van der Waals surface area contributed by atoms with Crippen LogP contribution in [-0.4, -0.2) is 5.78 Å². The van der Waals surface area contributed by atoms with Gasteiger partial charge in [-0.3, -0.25) is 4.79 Å². The first-order chi connectivity index (χ1) is 9.78. The van der Waals surface area contributed by atoms with Gasteiger partial charge < -0.3 is 0 Å². The first-order valence-electron chi connectivity index (χ1n) is 7.79. The molecule has 112 valence electrons. The van der Waals surface area contributed by atoms with E-state index in [1.807, 2.05) is 19.1 Å². The molecule has 2 rings (SSSR count). The van der Waals surface area contributed by atoms with Gasteiger partial charge in [0, 0.05) is 12.0 Å². The summed E-state index contributed by atoms with van der Waals surface area (Å²) in [4.78, 5) is 12.8. The van der Waals surface area contributed by atoms with E-state index in [1.165, 1.54) is 0 Å². The van der Waals surface area contributed by atoms with E-state index in [1.54, 1.807) is 0 Å². The Bertz CT molecular complexity index is 646. The van der Waals surface area contributed by atoms with Crippen molar-refractivity contribution in [1.29, 1.82) is 0 Å². The second-order valence-electron chi connectivity index (χ2n) is 7.48. The van der Waals surface area contributed by atoms with E-state index < -0.39 is 0 Å². The lowest BCUT2D eigenvalue weighted by atomic mass is 9.82. The van der Waals surface area contributed by atoms with Crippen LogP contribution in [-0.2, 0) is 0 Å². The van der Waals surface area contributed by atoms with Crippen molar-refractivity contribution in [3.8, 4) is 0 Å². The number of hydrogen-bond acceptors (Lipinski definition) is 1. The van der Waals surface area contributed by atoms with Crippen LogP contribution in [0, 0.1) is 18.3 Å². The fourth-order valence-corrected chi connectivity index (χ4v) is 3.29. The van der Waals surface area contributed by atoms with Crippen LogP contribution in [0.2, 0.25) is 0 Å². The fourth-order valence-electron chi connectivity index (χ4n) is 3.29. The maximum absolute atomic E-state index is 12.8. The number of Topliss-reactive ketones (excluding diaryl/α,β-unsaturated/α-hetero) is 1. The van der Waals surface area contributed by atoms with Gasteiger partial charge in [0.25, 0.3) is 0 Å².